The van der Waals surface area contributed by atoms with E-state index in [1.54, 1.807) is 107 Å². The van der Waals surface area contributed by atoms with Crippen LogP contribution in [0.5, 0.6) is 0 Å². The Morgan fingerprint density at radius 2 is 0.652 bits per heavy atom. The molecule has 0 aromatic heterocycles. The number of imide groups is 2. The third-order valence-corrected chi connectivity index (χ3v) is 10.3. The van der Waals surface area contributed by atoms with Crippen LogP contribution < -0.4 is 9.80 Å². The SMILES string of the molecule is O=C1[C@@H]2[C@@H](C(=O)N1c1ccc(Cl)cc1)N1[C@@H](c3ccc(Cl)cc3)[C@@H]3C(=O)N(c4ccc(Cl)cc4)C(=O)[C@@H]3N1[C@@H]2c1ccc(Cl)cc1. The van der Waals surface area contributed by atoms with Gasteiger partial charge in [0, 0.05) is 20.1 Å². The summed E-state index contributed by atoms with van der Waals surface area (Å²) in [7, 11) is 0. The fourth-order valence-corrected chi connectivity index (χ4v) is 8.01. The number of carbonyl (C=O) groups is 4. The van der Waals surface area contributed by atoms with Gasteiger partial charge in [-0.25, -0.2) is 19.8 Å². The van der Waals surface area contributed by atoms with Gasteiger partial charge in [0.15, 0.2) is 0 Å². The lowest BCUT2D eigenvalue weighted by atomic mass is 9.84. The van der Waals surface area contributed by atoms with Crippen molar-refractivity contribution in [3.63, 3.8) is 0 Å². The number of benzene rings is 4. The number of amides is 4. The van der Waals surface area contributed by atoms with Crippen molar-refractivity contribution in [1.29, 1.82) is 0 Å². The quantitative estimate of drug-likeness (QED) is 0.221. The fraction of sp³-hybridized carbons (Fsp3) is 0.176. The van der Waals surface area contributed by atoms with E-state index >= 15 is 0 Å². The smallest absolute Gasteiger partial charge is 0.253 e. The first-order valence-electron chi connectivity index (χ1n) is 14.5. The number of carbonyl (C=O) groups excluding carboxylic acids is 4. The molecule has 4 aliphatic rings. The van der Waals surface area contributed by atoms with Gasteiger partial charge in [0.25, 0.3) is 11.8 Å². The summed E-state index contributed by atoms with van der Waals surface area (Å²) >= 11 is 24.8. The minimum Gasteiger partial charge on any atom is -0.274 e. The van der Waals surface area contributed by atoms with Gasteiger partial charge < -0.3 is 0 Å². The Morgan fingerprint density at radius 1 is 0.370 bits per heavy atom. The van der Waals surface area contributed by atoms with E-state index in [-0.39, 0.29) is 0 Å². The predicted molar refractivity (Wildman–Crippen MR) is 175 cm³/mol. The molecular formula is C34H22Cl4N4O4. The molecule has 4 aliphatic heterocycles. The van der Waals surface area contributed by atoms with E-state index in [0.29, 0.717) is 42.6 Å². The van der Waals surface area contributed by atoms with Crippen molar-refractivity contribution in [2.75, 3.05) is 9.80 Å². The van der Waals surface area contributed by atoms with Gasteiger partial charge in [0.2, 0.25) is 11.8 Å². The van der Waals surface area contributed by atoms with E-state index in [4.69, 9.17) is 46.4 Å². The van der Waals surface area contributed by atoms with Crippen LogP contribution >= 0.6 is 46.4 Å². The van der Waals surface area contributed by atoms with Crippen molar-refractivity contribution in [1.82, 2.24) is 10.0 Å². The molecule has 0 unspecified atom stereocenters. The number of fused-ring (bicyclic) bond motifs is 5. The van der Waals surface area contributed by atoms with Crippen LogP contribution in [0.3, 0.4) is 0 Å². The summed E-state index contributed by atoms with van der Waals surface area (Å²) < 4.78 is 0. The lowest BCUT2D eigenvalue weighted by Crippen LogP contribution is -2.50. The Bertz CT molecular complexity index is 1780. The van der Waals surface area contributed by atoms with Crippen molar-refractivity contribution in [3.05, 3.63) is 128 Å². The van der Waals surface area contributed by atoms with Crippen LogP contribution in [-0.4, -0.2) is 45.7 Å². The Hall–Kier alpha value is -3.76. The number of halogens is 4. The van der Waals surface area contributed by atoms with Crippen molar-refractivity contribution in [2.45, 2.75) is 24.2 Å². The van der Waals surface area contributed by atoms with E-state index < -0.39 is 59.6 Å². The number of nitrogens with zero attached hydrogens (tertiary/aromatic N) is 4. The zero-order chi connectivity index (χ0) is 32.0. The first-order chi connectivity index (χ1) is 22.2. The molecule has 8 rings (SSSR count). The molecule has 0 spiro atoms. The second-order valence-electron chi connectivity index (χ2n) is 11.7. The van der Waals surface area contributed by atoms with Gasteiger partial charge in [0.05, 0.1) is 35.3 Å². The van der Waals surface area contributed by atoms with Crippen LogP contribution in [0.1, 0.15) is 23.2 Å². The Morgan fingerprint density at radius 3 is 0.957 bits per heavy atom. The maximum atomic E-state index is 14.5. The van der Waals surface area contributed by atoms with Crippen LogP contribution in [0.4, 0.5) is 11.4 Å². The monoisotopic (exact) mass is 690 g/mol. The number of hydrazine groups is 1. The van der Waals surface area contributed by atoms with Gasteiger partial charge in [0.1, 0.15) is 12.1 Å². The molecule has 0 N–H and O–H groups in total. The van der Waals surface area contributed by atoms with Crippen LogP contribution in [0.2, 0.25) is 20.1 Å². The molecule has 4 fully saturated rings. The largest absolute Gasteiger partial charge is 0.274 e. The minimum absolute atomic E-state index is 0.388. The summed E-state index contributed by atoms with van der Waals surface area (Å²) in [5.41, 5.74) is 2.14. The molecule has 4 amide bonds. The first-order valence-corrected chi connectivity index (χ1v) is 16.0. The molecule has 6 atom stereocenters. The predicted octanol–water partition coefficient (Wildman–Crippen LogP) is 6.75. The summed E-state index contributed by atoms with van der Waals surface area (Å²) in [5.74, 6) is -3.52. The maximum Gasteiger partial charge on any atom is 0.253 e. The van der Waals surface area contributed by atoms with Crippen molar-refractivity contribution < 1.29 is 19.2 Å². The van der Waals surface area contributed by atoms with Crippen LogP contribution in [-0.2, 0) is 19.2 Å². The van der Waals surface area contributed by atoms with Gasteiger partial charge in [-0.2, -0.15) is 0 Å². The lowest BCUT2D eigenvalue weighted by molar-refractivity contribution is -0.136. The second kappa shape index (κ2) is 10.9. The van der Waals surface area contributed by atoms with Crippen molar-refractivity contribution in [2.24, 2.45) is 11.8 Å². The topological polar surface area (TPSA) is 81.2 Å². The van der Waals surface area contributed by atoms with Crippen LogP contribution in [0.15, 0.2) is 97.1 Å². The van der Waals surface area contributed by atoms with E-state index in [9.17, 15) is 19.2 Å². The average Bonchev–Trinajstić information content (AvgIpc) is 3.71. The molecule has 0 aliphatic carbocycles. The summed E-state index contributed by atoms with van der Waals surface area (Å²) in [6.07, 6.45) is 0. The first kappa shape index (κ1) is 29.6. The van der Waals surface area contributed by atoms with Crippen LogP contribution in [0, 0.1) is 11.8 Å². The second-order valence-corrected chi connectivity index (χ2v) is 13.4. The Balaban J connectivity index is 1.32. The van der Waals surface area contributed by atoms with Gasteiger partial charge >= 0.3 is 0 Å². The third kappa shape index (κ3) is 4.29. The highest BCUT2D eigenvalue weighted by Crippen LogP contribution is 2.59. The summed E-state index contributed by atoms with van der Waals surface area (Å²) in [6, 6.07) is 23.4. The van der Waals surface area contributed by atoms with E-state index in [1.165, 1.54) is 9.80 Å². The molecule has 4 aromatic carbocycles. The zero-order valence-corrected chi connectivity index (χ0v) is 26.7. The van der Waals surface area contributed by atoms with E-state index in [1.807, 2.05) is 0 Å². The maximum absolute atomic E-state index is 14.5. The highest BCUT2D eigenvalue weighted by molar-refractivity contribution is 6.32. The molecule has 46 heavy (non-hydrogen) atoms. The Kier molecular flexibility index (Phi) is 7.03. The molecule has 12 heteroatoms. The van der Waals surface area contributed by atoms with Gasteiger partial charge in [-0.15, -0.1) is 0 Å². The highest BCUT2D eigenvalue weighted by Gasteiger charge is 2.73. The lowest BCUT2D eigenvalue weighted by Gasteiger charge is -2.35. The van der Waals surface area contributed by atoms with E-state index in [2.05, 4.69) is 0 Å². The van der Waals surface area contributed by atoms with Gasteiger partial charge in [-0.3, -0.25) is 19.2 Å². The molecule has 0 saturated carbocycles. The molecule has 0 radical (unpaired) electrons. The molecule has 4 aromatic rings. The zero-order valence-electron chi connectivity index (χ0n) is 23.6. The van der Waals surface area contributed by atoms with Gasteiger partial charge in [-0.1, -0.05) is 70.7 Å². The molecule has 4 heterocycles. The van der Waals surface area contributed by atoms with Crippen LogP contribution in [0.25, 0.3) is 0 Å². The number of hydrogen-bond acceptors (Lipinski definition) is 6. The number of rotatable bonds is 4. The summed E-state index contributed by atoms with van der Waals surface area (Å²) in [6.45, 7) is 0. The molecule has 4 saturated heterocycles. The molecule has 230 valence electrons. The fourth-order valence-electron chi connectivity index (χ4n) is 7.51. The molecule has 8 nitrogen and oxygen atoms in total. The average molecular weight is 692 g/mol. The summed E-state index contributed by atoms with van der Waals surface area (Å²) in [4.78, 5) is 60.1. The molecular weight excluding hydrogens is 670 g/mol. The van der Waals surface area contributed by atoms with Gasteiger partial charge in [-0.05, 0) is 83.9 Å². The number of anilines is 2. The Labute approximate surface area is 283 Å². The standard InChI is InChI=1S/C34H22Cl4N4O4/c35-19-5-1-17(2-6-19)27-25-29(33(45)39(31(25)43)23-13-9-21(37)10-14-23)42-28(18-3-7-20(36)8-4-18)26-30(41(27)42)34(46)40(32(26)44)24-15-11-22(38)12-16-24/h1-16,25-30H/t25-,26-,27-,28+,29+,30-/m0/s1. The van der Waals surface area contributed by atoms with Crippen molar-refractivity contribution in [3.8, 4) is 0 Å². The third-order valence-electron chi connectivity index (χ3n) is 9.32. The van der Waals surface area contributed by atoms with E-state index in [0.717, 1.165) is 0 Å². The van der Waals surface area contributed by atoms with Crippen molar-refractivity contribution >= 4 is 81.4 Å². The molecule has 0 bridgehead atoms. The normalized spacial score (nSPS) is 27.5. The number of hydrogen-bond donors (Lipinski definition) is 0. The summed E-state index contributed by atoms with van der Waals surface area (Å²) in [5, 5.41) is 5.51. The highest BCUT2D eigenvalue weighted by atomic mass is 35.5. The minimum atomic E-state index is -1.00.